The summed E-state index contributed by atoms with van der Waals surface area (Å²) in [6, 6.07) is 6.03. The van der Waals surface area contributed by atoms with Crippen LogP contribution in [0.4, 0.5) is 0 Å². The third-order valence-corrected chi connectivity index (χ3v) is 4.16. The Hall–Kier alpha value is -2.04. The molecule has 0 N–H and O–H groups in total. The molecule has 0 unspecified atom stereocenters. The zero-order valence-corrected chi connectivity index (χ0v) is 12.0. The molecule has 0 radical (unpaired) electrons. The zero-order chi connectivity index (χ0) is 14.1. The molecule has 0 bridgehead atoms. The minimum absolute atomic E-state index is 0.606. The summed E-state index contributed by atoms with van der Waals surface area (Å²) in [6.07, 6.45) is 6.02. The summed E-state index contributed by atoms with van der Waals surface area (Å²) in [6.45, 7) is 2.23. The van der Waals surface area contributed by atoms with Crippen molar-refractivity contribution in [3.8, 4) is 22.9 Å². The largest absolute Gasteiger partial charge is 0.486 e. The van der Waals surface area contributed by atoms with Gasteiger partial charge in [-0.25, -0.2) is 0 Å². The highest BCUT2D eigenvalue weighted by Gasteiger charge is 2.18. The average Bonchev–Trinajstić information content (AvgIpc) is 2.88. The van der Waals surface area contributed by atoms with Gasteiger partial charge in [0.2, 0.25) is 0 Å². The molecule has 2 aliphatic rings. The van der Waals surface area contributed by atoms with Gasteiger partial charge >= 0.3 is 0 Å². The van der Waals surface area contributed by atoms with E-state index < -0.39 is 0 Å². The van der Waals surface area contributed by atoms with Crippen molar-refractivity contribution in [2.75, 3.05) is 13.2 Å². The molecule has 0 amide bonds. The Bertz CT molecular complexity index is 651. The fourth-order valence-electron chi connectivity index (χ4n) is 3.06. The Morgan fingerprint density at radius 1 is 0.905 bits per heavy atom. The molecule has 0 fully saturated rings. The SMILES string of the molecule is c1cc2c(cc1-c1nnc3n1CCCCCC3)OCCO2. The fourth-order valence-corrected chi connectivity index (χ4v) is 3.06. The van der Waals surface area contributed by atoms with Crippen molar-refractivity contribution in [2.24, 2.45) is 0 Å². The van der Waals surface area contributed by atoms with Crippen LogP contribution >= 0.6 is 0 Å². The van der Waals surface area contributed by atoms with Gasteiger partial charge in [0.05, 0.1) is 0 Å². The van der Waals surface area contributed by atoms with Crippen LogP contribution in [0.2, 0.25) is 0 Å². The summed E-state index contributed by atoms with van der Waals surface area (Å²) >= 11 is 0. The quantitative estimate of drug-likeness (QED) is 0.808. The molecule has 1 aromatic carbocycles. The Balaban J connectivity index is 1.73. The molecule has 4 rings (SSSR count). The van der Waals surface area contributed by atoms with Crippen LogP contribution in [0.5, 0.6) is 11.5 Å². The van der Waals surface area contributed by atoms with Crippen molar-refractivity contribution in [2.45, 2.75) is 38.6 Å². The van der Waals surface area contributed by atoms with E-state index >= 15 is 0 Å². The van der Waals surface area contributed by atoms with E-state index in [1.165, 1.54) is 25.7 Å². The number of hydrogen-bond acceptors (Lipinski definition) is 4. The van der Waals surface area contributed by atoms with Gasteiger partial charge in [0, 0.05) is 18.5 Å². The van der Waals surface area contributed by atoms with Crippen LogP contribution in [0.1, 0.15) is 31.5 Å². The van der Waals surface area contributed by atoms with Crippen LogP contribution in [0.25, 0.3) is 11.4 Å². The van der Waals surface area contributed by atoms with Crippen LogP contribution < -0.4 is 9.47 Å². The lowest BCUT2D eigenvalue weighted by Crippen LogP contribution is -2.15. The lowest BCUT2D eigenvalue weighted by atomic mass is 10.1. The van der Waals surface area contributed by atoms with Crippen molar-refractivity contribution >= 4 is 0 Å². The maximum absolute atomic E-state index is 5.67. The van der Waals surface area contributed by atoms with Crippen LogP contribution in [-0.4, -0.2) is 28.0 Å². The number of benzene rings is 1. The number of hydrogen-bond donors (Lipinski definition) is 0. The van der Waals surface area contributed by atoms with Crippen molar-refractivity contribution in [1.82, 2.24) is 14.8 Å². The van der Waals surface area contributed by atoms with Gasteiger partial charge in [-0.15, -0.1) is 10.2 Å². The van der Waals surface area contributed by atoms with Crippen LogP contribution in [0.3, 0.4) is 0 Å². The molecule has 2 aromatic rings. The highest BCUT2D eigenvalue weighted by atomic mass is 16.6. The van der Waals surface area contributed by atoms with Gasteiger partial charge in [0.15, 0.2) is 17.3 Å². The first-order valence-corrected chi connectivity index (χ1v) is 7.74. The molecular formula is C16H19N3O2. The maximum atomic E-state index is 5.67. The van der Waals surface area contributed by atoms with Crippen LogP contribution in [-0.2, 0) is 13.0 Å². The molecular weight excluding hydrogens is 266 g/mol. The molecule has 3 heterocycles. The molecule has 5 nitrogen and oxygen atoms in total. The number of rotatable bonds is 1. The molecule has 5 heteroatoms. The molecule has 110 valence electrons. The summed E-state index contributed by atoms with van der Waals surface area (Å²) in [4.78, 5) is 0. The normalized spacial score (nSPS) is 17.7. The van der Waals surface area contributed by atoms with Gasteiger partial charge in [-0.05, 0) is 31.0 Å². The van der Waals surface area contributed by atoms with Gasteiger partial charge in [-0.1, -0.05) is 12.8 Å². The van der Waals surface area contributed by atoms with E-state index in [1.807, 2.05) is 18.2 Å². The topological polar surface area (TPSA) is 49.2 Å². The van der Waals surface area contributed by atoms with Gasteiger partial charge < -0.3 is 14.0 Å². The summed E-state index contributed by atoms with van der Waals surface area (Å²) in [7, 11) is 0. The standard InChI is InChI=1S/C16H19N3O2/c1-2-4-8-19-15(5-3-1)17-18-16(19)12-6-7-13-14(11-12)21-10-9-20-13/h6-7,11H,1-5,8-10H2. The second-order valence-corrected chi connectivity index (χ2v) is 5.61. The average molecular weight is 285 g/mol. The second-order valence-electron chi connectivity index (χ2n) is 5.61. The van der Waals surface area contributed by atoms with E-state index in [-0.39, 0.29) is 0 Å². The third kappa shape index (κ3) is 2.37. The smallest absolute Gasteiger partial charge is 0.164 e. The predicted octanol–water partition coefficient (Wildman–Crippen LogP) is 2.83. The summed E-state index contributed by atoms with van der Waals surface area (Å²) in [5.74, 6) is 3.68. The van der Waals surface area contributed by atoms with Crippen LogP contribution in [0, 0.1) is 0 Å². The van der Waals surface area contributed by atoms with Crippen molar-refractivity contribution in [3.05, 3.63) is 24.0 Å². The van der Waals surface area contributed by atoms with E-state index in [1.54, 1.807) is 0 Å². The fraction of sp³-hybridized carbons (Fsp3) is 0.500. The summed E-state index contributed by atoms with van der Waals surface area (Å²) < 4.78 is 13.5. The highest BCUT2D eigenvalue weighted by Crippen LogP contribution is 2.34. The van der Waals surface area contributed by atoms with E-state index in [4.69, 9.17) is 9.47 Å². The number of aromatic nitrogens is 3. The first-order chi connectivity index (χ1) is 10.4. The van der Waals surface area contributed by atoms with Crippen molar-refractivity contribution < 1.29 is 9.47 Å². The number of nitrogens with zero attached hydrogens (tertiary/aromatic N) is 3. The Kier molecular flexibility index (Phi) is 3.25. The number of aryl methyl sites for hydroxylation is 1. The van der Waals surface area contributed by atoms with Crippen molar-refractivity contribution in [1.29, 1.82) is 0 Å². The molecule has 0 aliphatic carbocycles. The molecule has 0 saturated carbocycles. The minimum atomic E-state index is 0.606. The zero-order valence-electron chi connectivity index (χ0n) is 12.0. The van der Waals surface area contributed by atoms with Gasteiger partial charge in [0.1, 0.15) is 19.0 Å². The summed E-state index contributed by atoms with van der Waals surface area (Å²) in [5, 5.41) is 8.80. The minimum Gasteiger partial charge on any atom is -0.486 e. The van der Waals surface area contributed by atoms with Gasteiger partial charge in [-0.2, -0.15) is 0 Å². The van der Waals surface area contributed by atoms with Crippen molar-refractivity contribution in [3.63, 3.8) is 0 Å². The Labute approximate surface area is 123 Å². The Morgan fingerprint density at radius 2 is 1.76 bits per heavy atom. The monoisotopic (exact) mass is 285 g/mol. The molecule has 1 aromatic heterocycles. The second kappa shape index (κ2) is 5.39. The predicted molar refractivity (Wildman–Crippen MR) is 78.6 cm³/mol. The molecule has 0 spiro atoms. The lowest BCUT2D eigenvalue weighted by molar-refractivity contribution is 0.171. The summed E-state index contributed by atoms with van der Waals surface area (Å²) in [5.41, 5.74) is 1.05. The Morgan fingerprint density at radius 3 is 2.71 bits per heavy atom. The van der Waals surface area contributed by atoms with Gasteiger partial charge in [0.25, 0.3) is 0 Å². The molecule has 0 atom stereocenters. The first kappa shape index (κ1) is 12.7. The van der Waals surface area contributed by atoms with Crippen LogP contribution in [0.15, 0.2) is 18.2 Å². The highest BCUT2D eigenvalue weighted by molar-refractivity contribution is 5.61. The van der Waals surface area contributed by atoms with E-state index in [0.29, 0.717) is 13.2 Å². The van der Waals surface area contributed by atoms with E-state index in [9.17, 15) is 0 Å². The molecule has 21 heavy (non-hydrogen) atoms. The number of fused-ring (bicyclic) bond motifs is 2. The van der Waals surface area contributed by atoms with E-state index in [2.05, 4.69) is 14.8 Å². The molecule has 0 saturated heterocycles. The van der Waals surface area contributed by atoms with Gasteiger partial charge in [-0.3, -0.25) is 0 Å². The van der Waals surface area contributed by atoms with E-state index in [0.717, 1.165) is 41.7 Å². The lowest BCUT2D eigenvalue weighted by Gasteiger charge is -2.19. The first-order valence-electron chi connectivity index (χ1n) is 7.74. The number of ether oxygens (including phenoxy) is 2. The molecule has 2 aliphatic heterocycles. The third-order valence-electron chi connectivity index (χ3n) is 4.16. The maximum Gasteiger partial charge on any atom is 0.164 e.